The molecule has 0 fully saturated rings. The van der Waals surface area contributed by atoms with Gasteiger partial charge in [-0.2, -0.15) is 0 Å². The minimum atomic E-state index is 0.290. The van der Waals surface area contributed by atoms with Crippen molar-refractivity contribution >= 4 is 5.96 Å². The molecule has 0 radical (unpaired) electrons. The normalized spacial score (nSPS) is 12.1. The van der Waals surface area contributed by atoms with Gasteiger partial charge in [0.05, 0.1) is 6.54 Å². The minimum Gasteiger partial charge on any atom is -0.370 e. The number of aryl methyl sites for hydroxylation is 1. The van der Waals surface area contributed by atoms with Crippen LogP contribution in [0.1, 0.15) is 25.3 Å². The maximum atomic E-state index is 5.61. The van der Waals surface area contributed by atoms with Gasteiger partial charge in [0.2, 0.25) is 0 Å². The number of nitrogens with one attached hydrogen (secondary N) is 1. The molecule has 0 atom stereocenters. The number of rotatable bonds is 3. The van der Waals surface area contributed by atoms with Crippen molar-refractivity contribution in [3.05, 3.63) is 17.5 Å². The van der Waals surface area contributed by atoms with E-state index < -0.39 is 0 Å². The van der Waals surface area contributed by atoms with Crippen LogP contribution in [0.4, 0.5) is 0 Å². The maximum Gasteiger partial charge on any atom is 0.189 e. The van der Waals surface area contributed by atoms with Crippen LogP contribution in [0.15, 0.2) is 15.6 Å². The van der Waals surface area contributed by atoms with Crippen LogP contribution in [0.2, 0.25) is 0 Å². The molecular weight excluding hydrogens is 180 g/mol. The molecule has 0 aliphatic carbocycles. The lowest BCUT2D eigenvalue weighted by Gasteiger charge is -2.07. The summed E-state index contributed by atoms with van der Waals surface area (Å²) in [5.41, 5.74) is 6.40. The van der Waals surface area contributed by atoms with E-state index in [0.29, 0.717) is 12.5 Å². The first-order valence-corrected chi connectivity index (χ1v) is 4.56. The number of aromatic nitrogens is 1. The highest BCUT2D eigenvalue weighted by molar-refractivity contribution is 5.77. The van der Waals surface area contributed by atoms with E-state index in [-0.39, 0.29) is 6.04 Å². The monoisotopic (exact) mass is 196 g/mol. The van der Waals surface area contributed by atoms with Crippen molar-refractivity contribution in [3.63, 3.8) is 0 Å². The third-order valence-corrected chi connectivity index (χ3v) is 1.52. The van der Waals surface area contributed by atoms with Crippen molar-refractivity contribution in [2.75, 3.05) is 0 Å². The lowest BCUT2D eigenvalue weighted by molar-refractivity contribution is 0.391. The van der Waals surface area contributed by atoms with Crippen molar-refractivity contribution in [2.45, 2.75) is 33.4 Å². The second kappa shape index (κ2) is 4.64. The summed E-state index contributed by atoms with van der Waals surface area (Å²) < 4.78 is 4.90. The highest BCUT2D eigenvalue weighted by atomic mass is 16.5. The van der Waals surface area contributed by atoms with E-state index in [9.17, 15) is 0 Å². The summed E-state index contributed by atoms with van der Waals surface area (Å²) in [4.78, 5) is 4.11. The van der Waals surface area contributed by atoms with Crippen LogP contribution in [-0.2, 0) is 6.54 Å². The largest absolute Gasteiger partial charge is 0.370 e. The Labute approximate surface area is 83.4 Å². The fourth-order valence-corrected chi connectivity index (χ4v) is 1.00. The lowest BCUT2D eigenvalue weighted by Crippen LogP contribution is -2.36. The van der Waals surface area contributed by atoms with Crippen molar-refractivity contribution in [3.8, 4) is 0 Å². The highest BCUT2D eigenvalue weighted by Crippen LogP contribution is 2.02. The van der Waals surface area contributed by atoms with Gasteiger partial charge in [0.1, 0.15) is 11.5 Å². The highest BCUT2D eigenvalue weighted by Gasteiger charge is 1.99. The Morgan fingerprint density at radius 3 is 2.93 bits per heavy atom. The Morgan fingerprint density at radius 2 is 2.43 bits per heavy atom. The number of hydrogen-bond donors (Lipinski definition) is 2. The van der Waals surface area contributed by atoms with E-state index in [4.69, 9.17) is 10.3 Å². The molecule has 5 nitrogen and oxygen atoms in total. The van der Waals surface area contributed by atoms with Gasteiger partial charge >= 0.3 is 0 Å². The van der Waals surface area contributed by atoms with Crippen molar-refractivity contribution in [1.82, 2.24) is 10.5 Å². The predicted molar refractivity (Wildman–Crippen MR) is 54.8 cm³/mol. The van der Waals surface area contributed by atoms with Crippen LogP contribution >= 0.6 is 0 Å². The second-order valence-corrected chi connectivity index (χ2v) is 3.43. The summed E-state index contributed by atoms with van der Waals surface area (Å²) in [5.74, 6) is 1.21. The fourth-order valence-electron chi connectivity index (χ4n) is 1.00. The smallest absolute Gasteiger partial charge is 0.189 e. The van der Waals surface area contributed by atoms with E-state index in [2.05, 4.69) is 15.5 Å². The Balaban J connectivity index is 2.46. The van der Waals surface area contributed by atoms with Gasteiger partial charge in [-0.1, -0.05) is 5.16 Å². The Morgan fingerprint density at radius 1 is 1.71 bits per heavy atom. The molecule has 0 bridgehead atoms. The fraction of sp³-hybridized carbons (Fsp3) is 0.556. The van der Waals surface area contributed by atoms with Crippen LogP contribution in [0, 0.1) is 6.92 Å². The molecule has 0 saturated carbocycles. The number of aliphatic imine (C=N–C) groups is 1. The molecule has 0 amide bonds. The molecule has 1 aromatic rings. The third-order valence-electron chi connectivity index (χ3n) is 1.52. The molecule has 1 rings (SSSR count). The standard InChI is InChI=1S/C9H16N4O/c1-6(2)12-9(10)11-5-8-4-7(3)14-13-8/h4,6H,5H2,1-3H3,(H3,10,11,12). The van der Waals surface area contributed by atoms with Crippen molar-refractivity contribution < 1.29 is 4.52 Å². The number of nitrogens with zero attached hydrogens (tertiary/aromatic N) is 2. The zero-order chi connectivity index (χ0) is 10.6. The summed E-state index contributed by atoms with van der Waals surface area (Å²) >= 11 is 0. The Bertz CT molecular complexity index is 316. The minimum absolute atomic E-state index is 0.290. The first-order valence-electron chi connectivity index (χ1n) is 4.56. The van der Waals surface area contributed by atoms with Gasteiger partial charge < -0.3 is 15.6 Å². The maximum absolute atomic E-state index is 5.61. The zero-order valence-corrected chi connectivity index (χ0v) is 8.74. The number of nitrogens with two attached hydrogens (primary N) is 1. The Hall–Kier alpha value is -1.52. The van der Waals surface area contributed by atoms with E-state index in [1.165, 1.54) is 0 Å². The predicted octanol–water partition coefficient (Wildman–Crippen LogP) is 0.796. The molecule has 0 aliphatic heterocycles. The third kappa shape index (κ3) is 3.47. The molecule has 5 heteroatoms. The molecule has 0 unspecified atom stereocenters. The number of guanidine groups is 1. The van der Waals surface area contributed by atoms with Crippen LogP contribution in [0.25, 0.3) is 0 Å². The Kier molecular flexibility index (Phi) is 3.50. The van der Waals surface area contributed by atoms with Crippen LogP contribution < -0.4 is 11.1 Å². The summed E-state index contributed by atoms with van der Waals surface area (Å²) in [5, 5.41) is 6.79. The molecule has 1 heterocycles. The van der Waals surface area contributed by atoms with E-state index >= 15 is 0 Å². The van der Waals surface area contributed by atoms with Crippen molar-refractivity contribution in [2.24, 2.45) is 10.7 Å². The van der Waals surface area contributed by atoms with E-state index in [0.717, 1.165) is 11.5 Å². The van der Waals surface area contributed by atoms with Gasteiger partial charge in [-0.3, -0.25) is 0 Å². The van der Waals surface area contributed by atoms with Gasteiger partial charge in [-0.25, -0.2) is 4.99 Å². The molecule has 78 valence electrons. The van der Waals surface area contributed by atoms with Gasteiger partial charge in [-0.15, -0.1) is 0 Å². The van der Waals surface area contributed by atoms with Gasteiger partial charge in [0, 0.05) is 12.1 Å². The summed E-state index contributed by atoms with van der Waals surface area (Å²) in [6.45, 7) is 6.30. The quantitative estimate of drug-likeness (QED) is 0.553. The first-order chi connectivity index (χ1) is 6.58. The topological polar surface area (TPSA) is 76.4 Å². The van der Waals surface area contributed by atoms with Crippen LogP contribution in [0.5, 0.6) is 0 Å². The molecule has 1 aromatic heterocycles. The van der Waals surface area contributed by atoms with Crippen LogP contribution in [-0.4, -0.2) is 17.2 Å². The molecular formula is C9H16N4O. The molecule has 14 heavy (non-hydrogen) atoms. The lowest BCUT2D eigenvalue weighted by atomic mass is 10.4. The van der Waals surface area contributed by atoms with Gasteiger partial charge in [0.15, 0.2) is 5.96 Å². The molecule has 0 spiro atoms. The number of hydrogen-bond acceptors (Lipinski definition) is 3. The van der Waals surface area contributed by atoms with Gasteiger partial charge in [-0.05, 0) is 20.8 Å². The average molecular weight is 196 g/mol. The van der Waals surface area contributed by atoms with Crippen molar-refractivity contribution in [1.29, 1.82) is 0 Å². The average Bonchev–Trinajstić information content (AvgIpc) is 2.47. The molecule has 0 aliphatic rings. The zero-order valence-electron chi connectivity index (χ0n) is 8.74. The van der Waals surface area contributed by atoms with Crippen LogP contribution in [0.3, 0.4) is 0 Å². The van der Waals surface area contributed by atoms with E-state index in [1.54, 1.807) is 0 Å². The molecule has 3 N–H and O–H groups in total. The SMILES string of the molecule is Cc1cc(CN=C(N)NC(C)C)no1. The van der Waals surface area contributed by atoms with E-state index in [1.807, 2.05) is 26.8 Å². The summed E-state index contributed by atoms with van der Waals surface area (Å²) in [6.07, 6.45) is 0. The second-order valence-electron chi connectivity index (χ2n) is 3.43. The molecule has 0 saturated heterocycles. The summed E-state index contributed by atoms with van der Waals surface area (Å²) in [6, 6.07) is 2.13. The van der Waals surface area contributed by atoms with Gasteiger partial charge in [0.25, 0.3) is 0 Å². The summed E-state index contributed by atoms with van der Waals surface area (Å²) in [7, 11) is 0. The molecule has 0 aromatic carbocycles. The first kappa shape index (κ1) is 10.6.